The van der Waals surface area contributed by atoms with E-state index in [1.165, 1.54) is 18.4 Å². The normalized spacial score (nSPS) is 20.3. The van der Waals surface area contributed by atoms with E-state index in [9.17, 15) is 5.11 Å². The van der Waals surface area contributed by atoms with Crippen molar-refractivity contribution in [3.8, 4) is 0 Å². The van der Waals surface area contributed by atoms with Crippen molar-refractivity contribution in [1.29, 1.82) is 0 Å². The summed E-state index contributed by atoms with van der Waals surface area (Å²) in [7, 11) is 0. The van der Waals surface area contributed by atoms with E-state index in [-0.39, 0.29) is 0 Å². The van der Waals surface area contributed by atoms with Crippen LogP contribution >= 0.6 is 0 Å². The Labute approximate surface area is 117 Å². The van der Waals surface area contributed by atoms with E-state index >= 15 is 0 Å². The first kappa shape index (κ1) is 14.5. The quantitative estimate of drug-likeness (QED) is 0.787. The second kappa shape index (κ2) is 6.06. The van der Waals surface area contributed by atoms with Crippen molar-refractivity contribution in [2.75, 3.05) is 6.54 Å². The van der Waals surface area contributed by atoms with E-state index in [4.69, 9.17) is 0 Å². The summed E-state index contributed by atoms with van der Waals surface area (Å²) in [5.74, 6) is 1.27. The summed E-state index contributed by atoms with van der Waals surface area (Å²) < 4.78 is 0. The Morgan fingerprint density at radius 1 is 1.26 bits per heavy atom. The lowest BCUT2D eigenvalue weighted by Gasteiger charge is -2.29. The Balaban J connectivity index is 1.95. The van der Waals surface area contributed by atoms with Crippen LogP contribution in [0.4, 0.5) is 0 Å². The average Bonchev–Trinajstić information content (AvgIpc) is 3.13. The first-order chi connectivity index (χ1) is 8.98. The van der Waals surface area contributed by atoms with Gasteiger partial charge in [-0.25, -0.2) is 0 Å². The minimum Gasteiger partial charge on any atom is -0.389 e. The molecule has 1 fully saturated rings. The van der Waals surface area contributed by atoms with Crippen LogP contribution in [0.5, 0.6) is 0 Å². The molecule has 0 radical (unpaired) electrons. The zero-order valence-corrected chi connectivity index (χ0v) is 12.4. The van der Waals surface area contributed by atoms with Gasteiger partial charge < -0.3 is 10.4 Å². The molecule has 2 heteroatoms. The number of benzene rings is 1. The largest absolute Gasteiger partial charge is 0.389 e. The Morgan fingerprint density at radius 3 is 2.42 bits per heavy atom. The molecule has 1 aromatic rings. The molecule has 0 heterocycles. The van der Waals surface area contributed by atoms with Crippen LogP contribution in [0.1, 0.15) is 51.6 Å². The predicted molar refractivity (Wildman–Crippen MR) is 80.0 cm³/mol. The van der Waals surface area contributed by atoms with Gasteiger partial charge >= 0.3 is 0 Å². The molecule has 0 bridgehead atoms. The summed E-state index contributed by atoms with van der Waals surface area (Å²) in [6, 6.07) is 11.0. The molecule has 1 aliphatic carbocycles. The summed E-state index contributed by atoms with van der Waals surface area (Å²) in [6.45, 7) is 6.92. The molecular weight excluding hydrogens is 234 g/mol. The van der Waals surface area contributed by atoms with Crippen LogP contribution in [0, 0.1) is 11.8 Å². The minimum absolute atomic E-state index is 0.403. The molecule has 2 N–H and O–H groups in total. The van der Waals surface area contributed by atoms with Gasteiger partial charge in [0.25, 0.3) is 0 Å². The summed E-state index contributed by atoms with van der Waals surface area (Å²) in [4.78, 5) is 0. The molecule has 0 spiro atoms. The van der Waals surface area contributed by atoms with Gasteiger partial charge in [0.2, 0.25) is 0 Å². The van der Waals surface area contributed by atoms with Crippen LogP contribution in [0.25, 0.3) is 0 Å². The van der Waals surface area contributed by atoms with Crippen LogP contribution < -0.4 is 5.32 Å². The van der Waals surface area contributed by atoms with Crippen molar-refractivity contribution < 1.29 is 5.11 Å². The molecule has 106 valence electrons. The van der Waals surface area contributed by atoms with Gasteiger partial charge in [0.15, 0.2) is 0 Å². The fraction of sp³-hybridized carbons (Fsp3) is 0.647. The summed E-state index contributed by atoms with van der Waals surface area (Å²) in [5.41, 5.74) is 0.737. The molecule has 0 aromatic heterocycles. The fourth-order valence-corrected chi connectivity index (χ4v) is 2.93. The van der Waals surface area contributed by atoms with Crippen LogP contribution in [0.15, 0.2) is 30.3 Å². The smallest absolute Gasteiger partial charge is 0.0746 e. The molecular formula is C17H27NO. The zero-order chi connectivity index (χ0) is 13.9. The van der Waals surface area contributed by atoms with Crippen molar-refractivity contribution in [1.82, 2.24) is 5.32 Å². The van der Waals surface area contributed by atoms with Crippen LogP contribution in [-0.4, -0.2) is 17.3 Å². The SMILES string of the molecule is CC(C)CC(C)(O)CNC(c1ccccc1)C1CC1. The highest BCUT2D eigenvalue weighted by Gasteiger charge is 2.33. The van der Waals surface area contributed by atoms with E-state index in [0.717, 1.165) is 12.3 Å². The van der Waals surface area contributed by atoms with E-state index in [2.05, 4.69) is 49.5 Å². The molecule has 19 heavy (non-hydrogen) atoms. The number of hydrogen-bond donors (Lipinski definition) is 2. The van der Waals surface area contributed by atoms with Crippen molar-refractivity contribution in [2.45, 2.75) is 51.7 Å². The first-order valence-electron chi connectivity index (χ1n) is 7.49. The third-order valence-electron chi connectivity index (χ3n) is 3.80. The van der Waals surface area contributed by atoms with Gasteiger partial charge in [-0.15, -0.1) is 0 Å². The second-order valence-corrected chi connectivity index (χ2v) is 6.70. The summed E-state index contributed by atoms with van der Waals surface area (Å²) >= 11 is 0. The van der Waals surface area contributed by atoms with Gasteiger partial charge in [0.05, 0.1) is 5.60 Å². The lowest BCUT2D eigenvalue weighted by atomic mass is 9.93. The van der Waals surface area contributed by atoms with Crippen molar-refractivity contribution >= 4 is 0 Å². The summed E-state index contributed by atoms with van der Waals surface area (Å²) in [5, 5.41) is 14.0. The molecule has 2 atom stereocenters. The number of nitrogens with one attached hydrogen (secondary N) is 1. The highest BCUT2D eigenvalue weighted by Crippen LogP contribution is 2.41. The lowest BCUT2D eigenvalue weighted by molar-refractivity contribution is 0.0351. The Morgan fingerprint density at radius 2 is 1.89 bits per heavy atom. The van der Waals surface area contributed by atoms with E-state index in [0.29, 0.717) is 18.5 Å². The van der Waals surface area contributed by atoms with Crippen LogP contribution in [-0.2, 0) is 0 Å². The second-order valence-electron chi connectivity index (χ2n) is 6.70. The third-order valence-corrected chi connectivity index (χ3v) is 3.80. The van der Waals surface area contributed by atoms with Gasteiger partial charge in [-0.3, -0.25) is 0 Å². The highest BCUT2D eigenvalue weighted by molar-refractivity contribution is 5.21. The van der Waals surface area contributed by atoms with E-state index in [1.807, 2.05) is 6.92 Å². The average molecular weight is 261 g/mol. The molecule has 0 saturated heterocycles. The summed E-state index contributed by atoms with van der Waals surface area (Å²) in [6.07, 6.45) is 3.45. The van der Waals surface area contributed by atoms with Crippen LogP contribution in [0.3, 0.4) is 0 Å². The standard InChI is InChI=1S/C17H27NO/c1-13(2)11-17(3,19)12-18-16(15-9-10-15)14-7-5-4-6-8-14/h4-8,13,15-16,18-19H,9-12H2,1-3H3. The van der Waals surface area contributed by atoms with Gasteiger partial charge in [-0.05, 0) is 43.6 Å². The van der Waals surface area contributed by atoms with Gasteiger partial charge in [-0.2, -0.15) is 0 Å². The lowest BCUT2D eigenvalue weighted by Crippen LogP contribution is -2.41. The molecule has 2 unspecified atom stereocenters. The Bertz CT molecular complexity index is 382. The molecule has 1 saturated carbocycles. The topological polar surface area (TPSA) is 32.3 Å². The van der Waals surface area contributed by atoms with Gasteiger partial charge in [0, 0.05) is 12.6 Å². The van der Waals surface area contributed by atoms with Gasteiger partial charge in [-0.1, -0.05) is 44.2 Å². The molecule has 1 aromatic carbocycles. The Hall–Kier alpha value is -0.860. The van der Waals surface area contributed by atoms with Crippen LogP contribution in [0.2, 0.25) is 0 Å². The highest BCUT2D eigenvalue weighted by atomic mass is 16.3. The number of rotatable bonds is 7. The molecule has 0 amide bonds. The number of aliphatic hydroxyl groups is 1. The molecule has 2 nitrogen and oxygen atoms in total. The van der Waals surface area contributed by atoms with Crippen molar-refractivity contribution in [2.24, 2.45) is 11.8 Å². The molecule has 1 aliphatic rings. The fourth-order valence-electron chi connectivity index (χ4n) is 2.93. The molecule has 2 rings (SSSR count). The maximum Gasteiger partial charge on any atom is 0.0746 e. The van der Waals surface area contributed by atoms with E-state index in [1.54, 1.807) is 0 Å². The van der Waals surface area contributed by atoms with Crippen molar-refractivity contribution in [3.05, 3.63) is 35.9 Å². The zero-order valence-electron chi connectivity index (χ0n) is 12.4. The maximum absolute atomic E-state index is 10.4. The molecule has 0 aliphatic heterocycles. The predicted octanol–water partition coefficient (Wildman–Crippen LogP) is 3.52. The third kappa shape index (κ3) is 4.63. The monoisotopic (exact) mass is 261 g/mol. The minimum atomic E-state index is -0.615. The number of hydrogen-bond acceptors (Lipinski definition) is 2. The van der Waals surface area contributed by atoms with Gasteiger partial charge in [0.1, 0.15) is 0 Å². The maximum atomic E-state index is 10.4. The Kier molecular flexibility index (Phi) is 4.64. The first-order valence-corrected chi connectivity index (χ1v) is 7.49. The van der Waals surface area contributed by atoms with E-state index < -0.39 is 5.60 Å². The van der Waals surface area contributed by atoms with Crippen molar-refractivity contribution in [3.63, 3.8) is 0 Å².